The quantitative estimate of drug-likeness (QED) is 0.399. The Bertz CT molecular complexity index is 592. The lowest BCUT2D eigenvalue weighted by molar-refractivity contribution is -0.135. The molecule has 1 rings (SSSR count). The number of hydrogen-bond acceptors (Lipinski definition) is 4. The number of carboxylic acids is 1. The molecule has 0 aliphatic heterocycles. The predicted molar refractivity (Wildman–Crippen MR) is 98.8 cm³/mol. The van der Waals surface area contributed by atoms with Crippen LogP contribution in [0.1, 0.15) is 34.1 Å². The summed E-state index contributed by atoms with van der Waals surface area (Å²) < 4.78 is 6.89. The molecule has 128 valence electrons. The maximum absolute atomic E-state index is 11.7. The summed E-state index contributed by atoms with van der Waals surface area (Å²) in [5.74, 6) is -0.484. The molecule has 2 N–H and O–H groups in total. The van der Waals surface area contributed by atoms with Crippen LogP contribution in [0.4, 0.5) is 5.82 Å². The predicted octanol–water partition coefficient (Wildman–Crippen LogP) is 4.98. The number of aromatic nitrogens is 1. The summed E-state index contributed by atoms with van der Waals surface area (Å²) in [6.45, 7) is 12.2. The van der Waals surface area contributed by atoms with Gasteiger partial charge in [-0.3, -0.25) is 0 Å². The normalized spacial score (nSPS) is 13.3. The number of anilines is 1. The zero-order valence-electron chi connectivity index (χ0n) is 14.5. The van der Waals surface area contributed by atoms with E-state index in [9.17, 15) is 9.90 Å². The Morgan fingerprint density at radius 3 is 2.39 bits per heavy atom. The van der Waals surface area contributed by atoms with Crippen molar-refractivity contribution in [3.05, 3.63) is 34.3 Å². The number of halogens is 1. The summed E-state index contributed by atoms with van der Waals surface area (Å²) in [7, 11) is -2.24. The van der Waals surface area contributed by atoms with E-state index in [0.717, 1.165) is 4.47 Å². The minimum atomic E-state index is -2.24. The summed E-state index contributed by atoms with van der Waals surface area (Å²) in [6, 6.07) is 3.63. The van der Waals surface area contributed by atoms with Crippen LogP contribution >= 0.6 is 15.9 Å². The van der Waals surface area contributed by atoms with Gasteiger partial charge in [0.2, 0.25) is 5.76 Å². The first-order chi connectivity index (χ1) is 10.5. The van der Waals surface area contributed by atoms with Crippen molar-refractivity contribution in [2.45, 2.75) is 52.2 Å². The molecule has 0 aliphatic carbocycles. The first-order valence-electron chi connectivity index (χ1n) is 7.52. The van der Waals surface area contributed by atoms with Gasteiger partial charge >= 0.3 is 5.97 Å². The second-order valence-electron chi connectivity index (χ2n) is 6.82. The van der Waals surface area contributed by atoms with E-state index < -0.39 is 14.3 Å². The number of allylic oxidation sites excluding steroid dienone is 1. The van der Waals surface area contributed by atoms with Crippen molar-refractivity contribution < 1.29 is 14.3 Å². The molecule has 1 aromatic rings. The highest BCUT2D eigenvalue weighted by Crippen LogP contribution is 2.38. The van der Waals surface area contributed by atoms with Crippen molar-refractivity contribution >= 4 is 36.0 Å². The highest BCUT2D eigenvalue weighted by atomic mass is 79.9. The molecule has 0 aromatic carbocycles. The van der Waals surface area contributed by atoms with E-state index in [1.165, 1.54) is 0 Å². The monoisotopic (exact) mass is 400 g/mol. The lowest BCUT2D eigenvalue weighted by Gasteiger charge is -2.37. The zero-order chi connectivity index (χ0) is 17.8. The minimum Gasteiger partial charge on any atom is -0.537 e. The topological polar surface area (TPSA) is 71.5 Å². The third kappa shape index (κ3) is 5.35. The van der Waals surface area contributed by atoms with Crippen LogP contribution in [0, 0.1) is 0 Å². The number of carboxylic acid groups (broad SMARTS) is 1. The molecule has 0 saturated heterocycles. The molecular weight excluding hydrogens is 376 g/mol. The van der Waals surface area contributed by atoms with Crippen LogP contribution in [0.3, 0.4) is 0 Å². The smallest absolute Gasteiger partial charge is 0.371 e. The van der Waals surface area contributed by atoms with E-state index >= 15 is 0 Å². The van der Waals surface area contributed by atoms with Gasteiger partial charge in [-0.15, -0.1) is 0 Å². The van der Waals surface area contributed by atoms with Gasteiger partial charge in [-0.25, -0.2) is 9.78 Å². The van der Waals surface area contributed by atoms with Crippen LogP contribution < -0.4 is 5.32 Å². The average Bonchev–Trinajstić information content (AvgIpc) is 2.43. The second-order valence-corrected chi connectivity index (χ2v) is 12.5. The van der Waals surface area contributed by atoms with Gasteiger partial charge in [0.15, 0.2) is 0 Å². The molecule has 0 saturated carbocycles. The first-order valence-corrected chi connectivity index (χ1v) is 11.2. The SMILES string of the molecule is CC/C(Nc1ccc(Br)cn1)=C(/O[Si](C)(C)C(C)(C)C)C(=O)O. The average molecular weight is 401 g/mol. The van der Waals surface area contributed by atoms with Crippen molar-refractivity contribution in [2.24, 2.45) is 0 Å². The van der Waals surface area contributed by atoms with E-state index in [1.54, 1.807) is 12.3 Å². The first kappa shape index (κ1) is 19.7. The van der Waals surface area contributed by atoms with Crippen LogP contribution in [-0.2, 0) is 9.22 Å². The van der Waals surface area contributed by atoms with E-state index in [-0.39, 0.29) is 10.8 Å². The number of carbonyl (C=O) groups is 1. The summed E-state index contributed by atoms with van der Waals surface area (Å²) in [5.41, 5.74) is 0.525. The van der Waals surface area contributed by atoms with Gasteiger partial charge in [-0.05, 0) is 52.6 Å². The molecule has 23 heavy (non-hydrogen) atoms. The van der Waals surface area contributed by atoms with Crippen LogP contribution in [0.5, 0.6) is 0 Å². The van der Waals surface area contributed by atoms with Gasteiger partial charge in [0.25, 0.3) is 8.32 Å². The number of hydrogen-bond donors (Lipinski definition) is 2. The van der Waals surface area contributed by atoms with E-state index in [4.69, 9.17) is 4.43 Å². The summed E-state index contributed by atoms with van der Waals surface area (Å²) in [5, 5.41) is 12.6. The Morgan fingerprint density at radius 1 is 1.39 bits per heavy atom. The van der Waals surface area contributed by atoms with Gasteiger partial charge in [-0.1, -0.05) is 27.7 Å². The van der Waals surface area contributed by atoms with Crippen LogP contribution in [0.2, 0.25) is 18.1 Å². The molecule has 0 atom stereocenters. The molecule has 7 heteroatoms. The minimum absolute atomic E-state index is 0.0104. The van der Waals surface area contributed by atoms with Crippen molar-refractivity contribution in [1.82, 2.24) is 4.98 Å². The summed E-state index contributed by atoms with van der Waals surface area (Å²) in [4.78, 5) is 15.9. The van der Waals surface area contributed by atoms with E-state index in [0.29, 0.717) is 17.9 Å². The molecule has 0 unspecified atom stereocenters. The van der Waals surface area contributed by atoms with Gasteiger partial charge in [0, 0.05) is 10.7 Å². The molecule has 0 aliphatic rings. The molecular formula is C16H25BrN2O3Si. The van der Waals surface area contributed by atoms with Crippen LogP contribution in [0.25, 0.3) is 0 Å². The summed E-state index contributed by atoms with van der Waals surface area (Å²) in [6.07, 6.45) is 2.17. The van der Waals surface area contributed by atoms with Gasteiger partial charge in [0.05, 0.1) is 5.70 Å². The number of aliphatic carboxylic acids is 1. The molecule has 0 amide bonds. The molecule has 5 nitrogen and oxygen atoms in total. The Hall–Kier alpha value is -1.34. The zero-order valence-corrected chi connectivity index (χ0v) is 17.1. The highest BCUT2D eigenvalue weighted by molar-refractivity contribution is 9.10. The Labute approximate surface area is 147 Å². The maximum atomic E-state index is 11.7. The van der Waals surface area contributed by atoms with Gasteiger partial charge < -0.3 is 14.8 Å². The van der Waals surface area contributed by atoms with Crippen molar-refractivity contribution in [3.8, 4) is 0 Å². The third-order valence-electron chi connectivity index (χ3n) is 3.99. The Kier molecular flexibility index (Phi) is 6.41. The van der Waals surface area contributed by atoms with Crippen molar-refractivity contribution in [2.75, 3.05) is 5.32 Å². The molecule has 0 fully saturated rings. The van der Waals surface area contributed by atoms with Gasteiger partial charge in [-0.2, -0.15) is 0 Å². The largest absolute Gasteiger partial charge is 0.537 e. The fourth-order valence-corrected chi connectivity index (χ4v) is 2.81. The lowest BCUT2D eigenvalue weighted by atomic mass is 10.2. The van der Waals surface area contributed by atoms with Crippen molar-refractivity contribution in [1.29, 1.82) is 0 Å². The molecule has 0 bridgehead atoms. The molecule has 1 aromatic heterocycles. The second kappa shape index (κ2) is 7.48. The van der Waals surface area contributed by atoms with Crippen LogP contribution in [-0.4, -0.2) is 24.4 Å². The third-order valence-corrected chi connectivity index (χ3v) is 8.79. The standard InChI is InChI=1S/C16H25BrN2O3Si/c1-7-12(19-13-9-8-11(17)10-18-13)14(15(20)21)22-23(5,6)16(2,3)4/h8-10H,7H2,1-6H3,(H,18,19)(H,20,21)/b14-12-. The van der Waals surface area contributed by atoms with E-state index in [2.05, 4.69) is 47.0 Å². The van der Waals surface area contributed by atoms with Gasteiger partial charge in [0.1, 0.15) is 5.82 Å². The molecule has 0 spiro atoms. The van der Waals surface area contributed by atoms with Crippen LogP contribution in [0.15, 0.2) is 34.3 Å². The molecule has 0 radical (unpaired) electrons. The Balaban J connectivity index is 3.18. The van der Waals surface area contributed by atoms with E-state index in [1.807, 2.05) is 26.1 Å². The summed E-state index contributed by atoms with van der Waals surface area (Å²) >= 11 is 3.33. The fourth-order valence-electron chi connectivity index (χ4n) is 1.55. The van der Waals surface area contributed by atoms with Crippen molar-refractivity contribution in [3.63, 3.8) is 0 Å². The fraction of sp³-hybridized carbons (Fsp3) is 0.500. The highest BCUT2D eigenvalue weighted by Gasteiger charge is 2.41. The molecule has 1 heterocycles. The Morgan fingerprint density at radius 2 is 2.00 bits per heavy atom. The lowest BCUT2D eigenvalue weighted by Crippen LogP contribution is -2.42. The maximum Gasteiger partial charge on any atom is 0.371 e. The number of pyridine rings is 1. The number of nitrogens with one attached hydrogen (secondary N) is 1. The number of nitrogens with zero attached hydrogens (tertiary/aromatic N) is 1. The number of rotatable bonds is 6.